The number of nitrogen functional groups attached to an aromatic ring is 2. The maximum atomic E-state index is 15.1. The van der Waals surface area contributed by atoms with Crippen molar-refractivity contribution in [1.82, 2.24) is 0 Å². The molecule has 6 rings (SSSR count). The summed E-state index contributed by atoms with van der Waals surface area (Å²) in [6, 6.07) is 24.2. The molecule has 414 valence electrons. The molecular formula is C56H48F12N2O8. The van der Waals surface area contributed by atoms with E-state index in [4.69, 9.17) is 30.4 Å². The summed E-state index contributed by atoms with van der Waals surface area (Å²) in [5, 5.41) is 0. The van der Waals surface area contributed by atoms with Crippen molar-refractivity contribution in [2.24, 2.45) is 0 Å². The zero-order valence-corrected chi connectivity index (χ0v) is 40.9. The number of ether oxygens (including phenoxy) is 6. The van der Waals surface area contributed by atoms with E-state index in [9.17, 15) is 44.7 Å². The van der Waals surface area contributed by atoms with Crippen LogP contribution in [0, 0.1) is 11.6 Å². The number of alkyl halides is 10. The van der Waals surface area contributed by atoms with E-state index in [0.29, 0.717) is 44.8 Å². The number of carbonyl (C=O) groups is 2. The molecule has 0 spiro atoms. The lowest BCUT2D eigenvalue weighted by molar-refractivity contribution is -0.187. The van der Waals surface area contributed by atoms with Crippen LogP contribution in [0.2, 0.25) is 0 Å². The van der Waals surface area contributed by atoms with Crippen molar-refractivity contribution in [3.05, 3.63) is 178 Å². The molecular weight excluding hydrogens is 1060 g/mol. The molecule has 0 heterocycles. The SMILES string of the molecule is Nc1ccc(-c2ccc(N)cc2COC(=O)/C=C/c2ccc(C(F)(F)Oc3ccc(OCCCCC(F)(F)F)cc3F)cc2)c(COC(=O)/C=C/c2ccc(C(F)(F)Oc3ccc(OCCCCC(F)(F)F)cc3F)cc2)c1. The van der Waals surface area contributed by atoms with Gasteiger partial charge < -0.3 is 39.9 Å². The number of esters is 2. The highest BCUT2D eigenvalue weighted by atomic mass is 19.4. The number of anilines is 2. The average molecular weight is 1100 g/mol. The lowest BCUT2D eigenvalue weighted by Gasteiger charge is -2.19. The third kappa shape index (κ3) is 18.5. The van der Waals surface area contributed by atoms with Gasteiger partial charge in [0, 0.05) is 48.5 Å². The Bertz CT molecular complexity index is 2850. The van der Waals surface area contributed by atoms with Crippen LogP contribution in [-0.2, 0) is 44.5 Å². The predicted molar refractivity (Wildman–Crippen MR) is 264 cm³/mol. The second-order valence-electron chi connectivity index (χ2n) is 17.2. The third-order valence-electron chi connectivity index (χ3n) is 11.1. The minimum Gasteiger partial charge on any atom is -0.493 e. The molecule has 0 aliphatic rings. The zero-order valence-electron chi connectivity index (χ0n) is 40.9. The number of rotatable bonds is 25. The Balaban J connectivity index is 0.997. The monoisotopic (exact) mass is 1100 g/mol. The molecule has 0 aliphatic heterocycles. The largest absolute Gasteiger partial charge is 0.493 e. The Labute approximate surface area is 438 Å². The fraction of sp³-hybridized carbons (Fsp3) is 0.250. The maximum Gasteiger partial charge on any atom is 0.426 e. The molecule has 0 atom stereocenters. The highest BCUT2D eigenvalue weighted by Crippen LogP contribution is 2.37. The van der Waals surface area contributed by atoms with E-state index in [1.807, 2.05) is 0 Å². The van der Waals surface area contributed by atoms with Crippen LogP contribution in [0.25, 0.3) is 23.3 Å². The standard InChI is InChI=1S/C56H48F12N2O8/c57-47-31-43(73-27-3-1-25-53(59,60)61)17-21-49(47)77-55(65,66)39-11-5-35(6-12-39)9-23-51(71)75-33-37-29-41(69)15-19-45(37)46-20-16-42(70)30-38(46)34-76-52(72)24-10-36-7-13-40(14-8-36)56(67,68)78-50-22-18-44(32-48(50)58)74-28-4-2-26-54(62,63)64/h5-24,29-32H,1-4,25-28,33-34,69-70H2/b23-9+,24-10+. The normalized spacial score (nSPS) is 12.2. The Kier molecular flexibility index (Phi) is 19.8. The van der Waals surface area contributed by atoms with Gasteiger partial charge in [-0.3, -0.25) is 0 Å². The number of halogens is 12. The van der Waals surface area contributed by atoms with E-state index in [1.165, 1.54) is 36.4 Å². The van der Waals surface area contributed by atoms with Crippen molar-refractivity contribution in [3.63, 3.8) is 0 Å². The fourth-order valence-electron chi connectivity index (χ4n) is 7.23. The molecule has 0 amide bonds. The summed E-state index contributed by atoms with van der Waals surface area (Å²) < 4.78 is 194. The molecule has 6 aromatic carbocycles. The summed E-state index contributed by atoms with van der Waals surface area (Å²) in [4.78, 5) is 25.7. The minimum atomic E-state index is -4.32. The summed E-state index contributed by atoms with van der Waals surface area (Å²) in [7, 11) is 0. The van der Waals surface area contributed by atoms with E-state index in [1.54, 1.807) is 36.4 Å². The number of hydrogen-bond donors (Lipinski definition) is 2. The van der Waals surface area contributed by atoms with Gasteiger partial charge in [0.25, 0.3) is 0 Å². The van der Waals surface area contributed by atoms with Gasteiger partial charge in [-0.2, -0.15) is 43.9 Å². The molecule has 0 fully saturated rings. The number of unbranched alkanes of at least 4 members (excludes halogenated alkanes) is 2. The molecule has 0 radical (unpaired) electrons. The highest BCUT2D eigenvalue weighted by molar-refractivity contribution is 5.88. The second-order valence-corrected chi connectivity index (χ2v) is 17.2. The van der Waals surface area contributed by atoms with Gasteiger partial charge in [-0.25, -0.2) is 18.4 Å². The molecule has 0 unspecified atom stereocenters. The van der Waals surface area contributed by atoms with E-state index in [0.717, 1.165) is 72.8 Å². The number of nitrogens with two attached hydrogens (primary N) is 2. The Morgan fingerprint density at radius 1 is 0.462 bits per heavy atom. The van der Waals surface area contributed by atoms with Crippen molar-refractivity contribution >= 4 is 35.5 Å². The van der Waals surface area contributed by atoms with Crippen molar-refractivity contribution in [1.29, 1.82) is 0 Å². The van der Waals surface area contributed by atoms with Gasteiger partial charge in [-0.1, -0.05) is 36.4 Å². The quantitative estimate of drug-likeness (QED) is 0.0187. The van der Waals surface area contributed by atoms with Gasteiger partial charge in [0.05, 0.1) is 24.3 Å². The zero-order chi connectivity index (χ0) is 56.7. The first-order valence-electron chi connectivity index (χ1n) is 23.6. The van der Waals surface area contributed by atoms with Gasteiger partial charge in [-0.15, -0.1) is 0 Å². The molecule has 22 heteroatoms. The molecule has 4 N–H and O–H groups in total. The fourth-order valence-corrected chi connectivity index (χ4v) is 7.23. The van der Waals surface area contributed by atoms with Gasteiger partial charge in [0.1, 0.15) is 24.7 Å². The van der Waals surface area contributed by atoms with Crippen molar-refractivity contribution < 1.29 is 90.7 Å². The van der Waals surface area contributed by atoms with Gasteiger partial charge in [0.15, 0.2) is 23.1 Å². The Hall–Kier alpha value is -8.30. The average Bonchev–Trinajstić information content (AvgIpc) is 3.38. The number of hydrogen-bond acceptors (Lipinski definition) is 10. The minimum absolute atomic E-state index is 0.0358. The smallest absolute Gasteiger partial charge is 0.426 e. The molecule has 0 aliphatic carbocycles. The summed E-state index contributed by atoms with van der Waals surface area (Å²) in [6.07, 6.45) is -14.3. The predicted octanol–water partition coefficient (Wildman–Crippen LogP) is 14.8. The maximum absolute atomic E-state index is 15.1. The van der Waals surface area contributed by atoms with Crippen LogP contribution in [-0.4, -0.2) is 37.5 Å². The molecule has 0 aromatic heterocycles. The first-order chi connectivity index (χ1) is 36.8. The molecule has 78 heavy (non-hydrogen) atoms. The second kappa shape index (κ2) is 26.2. The van der Waals surface area contributed by atoms with Crippen LogP contribution in [0.4, 0.5) is 64.1 Å². The van der Waals surface area contributed by atoms with Crippen molar-refractivity contribution in [3.8, 4) is 34.1 Å². The van der Waals surface area contributed by atoms with Crippen LogP contribution >= 0.6 is 0 Å². The van der Waals surface area contributed by atoms with Crippen LogP contribution < -0.4 is 30.4 Å². The molecule has 6 aromatic rings. The number of benzene rings is 6. The molecule has 0 bridgehead atoms. The van der Waals surface area contributed by atoms with Crippen molar-refractivity contribution in [2.75, 3.05) is 24.7 Å². The lowest BCUT2D eigenvalue weighted by Crippen LogP contribution is -2.22. The van der Waals surface area contributed by atoms with Crippen LogP contribution in [0.15, 0.2) is 133 Å². The summed E-state index contributed by atoms with van der Waals surface area (Å²) >= 11 is 0. The first kappa shape index (κ1) is 59.0. The number of carbonyl (C=O) groups excluding carboxylic acids is 2. The summed E-state index contributed by atoms with van der Waals surface area (Å²) in [5.41, 5.74) is 14.0. The van der Waals surface area contributed by atoms with E-state index < -0.39 is 83.6 Å². The Morgan fingerprint density at radius 2 is 0.833 bits per heavy atom. The van der Waals surface area contributed by atoms with Crippen molar-refractivity contribution in [2.45, 2.75) is 76.3 Å². The summed E-state index contributed by atoms with van der Waals surface area (Å²) in [5.74, 6) is -5.84. The van der Waals surface area contributed by atoms with Crippen LogP contribution in [0.5, 0.6) is 23.0 Å². The van der Waals surface area contributed by atoms with E-state index in [2.05, 4.69) is 9.47 Å². The first-order valence-corrected chi connectivity index (χ1v) is 23.6. The summed E-state index contributed by atoms with van der Waals surface area (Å²) in [6.45, 7) is -0.906. The molecule has 0 saturated heterocycles. The topological polar surface area (TPSA) is 142 Å². The highest BCUT2D eigenvalue weighted by Gasteiger charge is 2.37. The lowest BCUT2D eigenvalue weighted by atomic mass is 9.95. The Morgan fingerprint density at radius 3 is 1.18 bits per heavy atom. The van der Waals surface area contributed by atoms with E-state index in [-0.39, 0.29) is 63.6 Å². The van der Waals surface area contributed by atoms with Crippen LogP contribution in [0.3, 0.4) is 0 Å². The van der Waals surface area contributed by atoms with Gasteiger partial charge in [0.2, 0.25) is 0 Å². The van der Waals surface area contributed by atoms with Gasteiger partial charge in [-0.05, 0) is 144 Å². The van der Waals surface area contributed by atoms with Gasteiger partial charge >= 0.3 is 36.5 Å². The third-order valence-corrected chi connectivity index (χ3v) is 11.1. The van der Waals surface area contributed by atoms with Crippen LogP contribution in [0.1, 0.15) is 71.9 Å². The molecule has 10 nitrogen and oxygen atoms in total. The van der Waals surface area contributed by atoms with E-state index >= 15 is 17.6 Å². The molecule has 0 saturated carbocycles.